The van der Waals surface area contributed by atoms with Gasteiger partial charge in [-0.15, -0.1) is 0 Å². The van der Waals surface area contributed by atoms with E-state index in [0.717, 1.165) is 18.8 Å². The predicted octanol–water partition coefficient (Wildman–Crippen LogP) is 3.16. The van der Waals surface area contributed by atoms with Crippen molar-refractivity contribution < 1.29 is 0 Å². The first kappa shape index (κ1) is 13.8. The Hall–Kier alpha value is -1.61. The van der Waals surface area contributed by atoms with Crippen LogP contribution in [0.1, 0.15) is 35.5 Å². The normalized spacial score (nSPS) is 12.6. The molecule has 0 saturated heterocycles. The third-order valence-corrected chi connectivity index (χ3v) is 3.62. The maximum Gasteiger partial charge on any atom is 0.0952 e. The highest BCUT2D eigenvalue weighted by Crippen LogP contribution is 2.18. The van der Waals surface area contributed by atoms with E-state index in [9.17, 15) is 0 Å². The van der Waals surface area contributed by atoms with Crippen LogP contribution in [-0.4, -0.2) is 16.1 Å². The number of likely N-dealkylation sites (N-methyl/N-ethyl adjacent to an activating group) is 1. The zero-order valence-electron chi connectivity index (χ0n) is 12.3. The minimum Gasteiger partial charge on any atom is -0.333 e. The number of aryl methyl sites for hydroxylation is 2. The van der Waals surface area contributed by atoms with Crippen molar-refractivity contribution in [2.45, 2.75) is 40.3 Å². The number of imidazole rings is 1. The molecule has 102 valence electrons. The van der Waals surface area contributed by atoms with Crippen molar-refractivity contribution in [2.24, 2.45) is 0 Å². The number of nitrogens with one attached hydrogen (secondary N) is 1. The van der Waals surface area contributed by atoms with Gasteiger partial charge in [-0.05, 0) is 32.9 Å². The first-order valence-corrected chi connectivity index (χ1v) is 6.90. The van der Waals surface area contributed by atoms with Crippen molar-refractivity contribution in [3.05, 3.63) is 53.1 Å². The van der Waals surface area contributed by atoms with E-state index in [1.807, 2.05) is 6.33 Å². The zero-order chi connectivity index (χ0) is 13.8. The van der Waals surface area contributed by atoms with Crippen LogP contribution in [0, 0.1) is 20.8 Å². The van der Waals surface area contributed by atoms with E-state index in [1.54, 1.807) is 0 Å². The first-order chi connectivity index (χ1) is 9.11. The van der Waals surface area contributed by atoms with Gasteiger partial charge in [-0.1, -0.05) is 36.8 Å². The van der Waals surface area contributed by atoms with Gasteiger partial charge in [0.1, 0.15) is 0 Å². The Bertz CT molecular complexity index is 543. The van der Waals surface area contributed by atoms with Crippen LogP contribution < -0.4 is 5.32 Å². The summed E-state index contributed by atoms with van der Waals surface area (Å²) in [4.78, 5) is 4.38. The minimum absolute atomic E-state index is 0.331. The summed E-state index contributed by atoms with van der Waals surface area (Å²) >= 11 is 0. The monoisotopic (exact) mass is 257 g/mol. The van der Waals surface area contributed by atoms with E-state index in [-0.39, 0.29) is 0 Å². The van der Waals surface area contributed by atoms with Gasteiger partial charge in [-0.2, -0.15) is 0 Å². The van der Waals surface area contributed by atoms with Crippen LogP contribution in [0.2, 0.25) is 0 Å². The summed E-state index contributed by atoms with van der Waals surface area (Å²) in [6.07, 6.45) is 1.94. The van der Waals surface area contributed by atoms with Crippen molar-refractivity contribution in [2.75, 3.05) is 6.54 Å². The molecule has 0 saturated carbocycles. The van der Waals surface area contributed by atoms with Gasteiger partial charge < -0.3 is 9.88 Å². The molecule has 19 heavy (non-hydrogen) atoms. The van der Waals surface area contributed by atoms with Crippen molar-refractivity contribution in [3.8, 4) is 0 Å². The predicted molar refractivity (Wildman–Crippen MR) is 79.3 cm³/mol. The topological polar surface area (TPSA) is 29.9 Å². The van der Waals surface area contributed by atoms with Crippen LogP contribution >= 0.6 is 0 Å². The lowest BCUT2D eigenvalue weighted by Crippen LogP contribution is -2.25. The number of nitrogens with zero attached hydrogens (tertiary/aromatic N) is 2. The molecule has 0 aliphatic rings. The molecule has 1 atom stereocenters. The van der Waals surface area contributed by atoms with Crippen LogP contribution in [0.25, 0.3) is 0 Å². The van der Waals surface area contributed by atoms with Crippen LogP contribution in [0.5, 0.6) is 0 Å². The SMILES string of the molecule is CCNC(Cn1cnc(C)c1C)c1cccc(C)c1. The third kappa shape index (κ3) is 3.24. The maximum absolute atomic E-state index is 4.38. The standard InChI is InChI=1S/C16H23N3/c1-5-17-16(15-8-6-7-12(2)9-15)10-19-11-18-13(3)14(19)4/h6-9,11,16-17H,5,10H2,1-4H3. The average Bonchev–Trinajstić information content (AvgIpc) is 2.70. The Labute approximate surface area is 115 Å². The highest BCUT2D eigenvalue weighted by Gasteiger charge is 2.13. The maximum atomic E-state index is 4.38. The largest absolute Gasteiger partial charge is 0.333 e. The average molecular weight is 257 g/mol. The van der Waals surface area contributed by atoms with Crippen LogP contribution in [-0.2, 0) is 6.54 Å². The van der Waals surface area contributed by atoms with Gasteiger partial charge in [0.25, 0.3) is 0 Å². The molecule has 2 aromatic rings. The van der Waals surface area contributed by atoms with E-state index < -0.39 is 0 Å². The minimum atomic E-state index is 0.331. The van der Waals surface area contributed by atoms with Crippen molar-refractivity contribution in [1.29, 1.82) is 0 Å². The molecule has 0 aliphatic heterocycles. The van der Waals surface area contributed by atoms with E-state index in [0.29, 0.717) is 6.04 Å². The number of hydrogen-bond acceptors (Lipinski definition) is 2. The molecule has 3 nitrogen and oxygen atoms in total. The summed E-state index contributed by atoms with van der Waals surface area (Å²) in [5.41, 5.74) is 5.00. The van der Waals surface area contributed by atoms with Crippen LogP contribution in [0.3, 0.4) is 0 Å². The summed E-state index contributed by atoms with van der Waals surface area (Å²) in [7, 11) is 0. The van der Waals surface area contributed by atoms with Gasteiger partial charge in [-0.3, -0.25) is 0 Å². The quantitative estimate of drug-likeness (QED) is 0.891. The van der Waals surface area contributed by atoms with Gasteiger partial charge in [0, 0.05) is 12.2 Å². The fourth-order valence-corrected chi connectivity index (χ4v) is 2.35. The van der Waals surface area contributed by atoms with Gasteiger partial charge in [0.15, 0.2) is 0 Å². The fourth-order valence-electron chi connectivity index (χ4n) is 2.35. The molecular weight excluding hydrogens is 234 g/mol. The molecule has 1 unspecified atom stereocenters. The van der Waals surface area contributed by atoms with Crippen molar-refractivity contribution in [1.82, 2.24) is 14.9 Å². The molecule has 0 aliphatic carbocycles. The molecule has 0 bridgehead atoms. The molecule has 1 heterocycles. The second-order valence-corrected chi connectivity index (χ2v) is 5.09. The lowest BCUT2D eigenvalue weighted by atomic mass is 10.0. The van der Waals surface area contributed by atoms with Gasteiger partial charge in [0.2, 0.25) is 0 Å². The molecular formula is C16H23N3. The lowest BCUT2D eigenvalue weighted by Gasteiger charge is -2.20. The number of rotatable bonds is 5. The molecule has 1 aromatic heterocycles. The van der Waals surface area contributed by atoms with Crippen molar-refractivity contribution >= 4 is 0 Å². The van der Waals surface area contributed by atoms with Gasteiger partial charge in [0.05, 0.1) is 18.1 Å². The molecule has 1 N–H and O–H groups in total. The van der Waals surface area contributed by atoms with Crippen LogP contribution in [0.15, 0.2) is 30.6 Å². The van der Waals surface area contributed by atoms with Gasteiger partial charge in [-0.25, -0.2) is 4.98 Å². The summed E-state index contributed by atoms with van der Waals surface area (Å²) in [6, 6.07) is 9.05. The molecule has 1 aromatic carbocycles. The Kier molecular flexibility index (Phi) is 4.38. The zero-order valence-corrected chi connectivity index (χ0v) is 12.3. The van der Waals surface area contributed by atoms with Crippen LogP contribution in [0.4, 0.5) is 0 Å². The summed E-state index contributed by atoms with van der Waals surface area (Å²) in [5, 5.41) is 3.56. The third-order valence-electron chi connectivity index (χ3n) is 3.62. The Balaban J connectivity index is 2.23. The molecule has 0 spiro atoms. The smallest absolute Gasteiger partial charge is 0.0952 e. The second-order valence-electron chi connectivity index (χ2n) is 5.09. The van der Waals surface area contributed by atoms with E-state index in [1.165, 1.54) is 16.8 Å². The Morgan fingerprint density at radius 2 is 2.05 bits per heavy atom. The molecule has 2 rings (SSSR count). The Morgan fingerprint density at radius 3 is 2.63 bits per heavy atom. The summed E-state index contributed by atoms with van der Waals surface area (Å²) < 4.78 is 2.23. The molecule has 0 radical (unpaired) electrons. The highest BCUT2D eigenvalue weighted by atomic mass is 15.1. The van der Waals surface area contributed by atoms with E-state index in [4.69, 9.17) is 0 Å². The van der Waals surface area contributed by atoms with E-state index >= 15 is 0 Å². The van der Waals surface area contributed by atoms with Gasteiger partial charge >= 0.3 is 0 Å². The summed E-state index contributed by atoms with van der Waals surface area (Å²) in [5.74, 6) is 0. The number of aromatic nitrogens is 2. The number of benzene rings is 1. The number of hydrogen-bond donors (Lipinski definition) is 1. The molecule has 3 heteroatoms. The fraction of sp³-hybridized carbons (Fsp3) is 0.438. The Morgan fingerprint density at radius 1 is 1.26 bits per heavy atom. The molecule has 0 amide bonds. The highest BCUT2D eigenvalue weighted by molar-refractivity contribution is 5.25. The second kappa shape index (κ2) is 6.02. The molecule has 0 fully saturated rings. The lowest BCUT2D eigenvalue weighted by molar-refractivity contribution is 0.469. The van der Waals surface area contributed by atoms with E-state index in [2.05, 4.69) is 66.8 Å². The first-order valence-electron chi connectivity index (χ1n) is 6.90. The summed E-state index contributed by atoms with van der Waals surface area (Å²) in [6.45, 7) is 10.4. The van der Waals surface area contributed by atoms with Crippen molar-refractivity contribution in [3.63, 3.8) is 0 Å².